The molecule has 0 atom stereocenters. The molecule has 0 N–H and O–H groups in total. The van der Waals surface area contributed by atoms with Crippen LogP contribution in [-0.4, -0.2) is 23.0 Å². The first kappa shape index (κ1) is 10.1. The van der Waals surface area contributed by atoms with Crippen molar-refractivity contribution in [3.8, 4) is 0 Å². The van der Waals surface area contributed by atoms with E-state index in [0.717, 1.165) is 25.0 Å². The van der Waals surface area contributed by atoms with Crippen LogP contribution in [0, 0.1) is 0 Å². The molecule has 0 spiro atoms. The molecule has 4 nitrogen and oxygen atoms in total. The van der Waals surface area contributed by atoms with Gasteiger partial charge in [-0.2, -0.15) is 0 Å². The number of hydrogen-bond acceptors (Lipinski definition) is 4. The predicted octanol–water partition coefficient (Wildman–Crippen LogP) is 1.24. The van der Waals surface area contributed by atoms with Crippen molar-refractivity contribution < 1.29 is 9.53 Å². The molecule has 0 aliphatic heterocycles. The van der Waals surface area contributed by atoms with Crippen LogP contribution in [0.25, 0.3) is 0 Å². The monoisotopic (exact) mass is 206 g/mol. The second-order valence-corrected chi connectivity index (χ2v) is 3.80. The topological polar surface area (TPSA) is 52.1 Å². The first-order valence-corrected chi connectivity index (χ1v) is 5.14. The summed E-state index contributed by atoms with van der Waals surface area (Å²) in [5, 5.41) is 0. The van der Waals surface area contributed by atoms with Crippen LogP contribution >= 0.6 is 0 Å². The highest BCUT2D eigenvalue weighted by atomic mass is 16.5. The molecule has 1 saturated carbocycles. The molecule has 1 aromatic rings. The lowest BCUT2D eigenvalue weighted by molar-refractivity contribution is -0.143. The minimum absolute atomic E-state index is 0.212. The number of aryl methyl sites for hydroxylation is 1. The molecule has 80 valence electrons. The Morgan fingerprint density at radius 3 is 2.87 bits per heavy atom. The van der Waals surface area contributed by atoms with E-state index in [1.54, 1.807) is 6.20 Å². The lowest BCUT2D eigenvalue weighted by atomic mass is 10.1. The normalized spacial score (nSPS) is 17.2. The standard InChI is InChI=1S/C11H14N2O2/c1-3-8-4-7-12-9(13-8)11(5-6-11)10(14)15-2/h4,7H,3,5-6H2,1-2H3. The average molecular weight is 206 g/mol. The summed E-state index contributed by atoms with van der Waals surface area (Å²) in [4.78, 5) is 20.2. The average Bonchev–Trinajstić information content (AvgIpc) is 3.09. The molecule has 1 heterocycles. The third kappa shape index (κ3) is 1.60. The molecule has 0 radical (unpaired) electrons. The lowest BCUT2D eigenvalue weighted by Gasteiger charge is -2.11. The van der Waals surface area contributed by atoms with Gasteiger partial charge in [-0.15, -0.1) is 0 Å². The third-order valence-electron chi connectivity index (χ3n) is 2.83. The van der Waals surface area contributed by atoms with E-state index in [1.165, 1.54) is 7.11 Å². The van der Waals surface area contributed by atoms with Gasteiger partial charge in [-0.3, -0.25) is 4.79 Å². The van der Waals surface area contributed by atoms with Gasteiger partial charge in [0.1, 0.15) is 11.2 Å². The number of methoxy groups -OCH3 is 1. The Morgan fingerprint density at radius 2 is 2.33 bits per heavy atom. The molecule has 1 aliphatic rings. The summed E-state index contributed by atoms with van der Waals surface area (Å²) in [5.74, 6) is 0.407. The van der Waals surface area contributed by atoms with Gasteiger partial charge in [0.15, 0.2) is 0 Å². The minimum atomic E-state index is -0.542. The quantitative estimate of drug-likeness (QED) is 0.698. The third-order valence-corrected chi connectivity index (χ3v) is 2.83. The van der Waals surface area contributed by atoms with Gasteiger partial charge in [-0.05, 0) is 25.3 Å². The molecule has 1 fully saturated rings. The molecule has 1 aliphatic carbocycles. The van der Waals surface area contributed by atoms with Crippen LogP contribution < -0.4 is 0 Å². The van der Waals surface area contributed by atoms with Crippen LogP contribution in [0.1, 0.15) is 31.3 Å². The number of nitrogens with zero attached hydrogens (tertiary/aromatic N) is 2. The maximum atomic E-state index is 11.6. The largest absolute Gasteiger partial charge is 0.468 e. The van der Waals surface area contributed by atoms with E-state index in [2.05, 4.69) is 9.97 Å². The molecule has 1 aromatic heterocycles. The van der Waals surface area contributed by atoms with Crippen molar-refractivity contribution in [3.05, 3.63) is 23.8 Å². The van der Waals surface area contributed by atoms with Crippen molar-refractivity contribution in [2.75, 3.05) is 7.11 Å². The number of ether oxygens (including phenoxy) is 1. The Hall–Kier alpha value is -1.45. The molecule has 0 aromatic carbocycles. The number of hydrogen-bond donors (Lipinski definition) is 0. The van der Waals surface area contributed by atoms with E-state index in [1.807, 2.05) is 13.0 Å². The van der Waals surface area contributed by atoms with Gasteiger partial charge in [-0.25, -0.2) is 9.97 Å². The molecule has 0 unspecified atom stereocenters. The summed E-state index contributed by atoms with van der Waals surface area (Å²) in [5.41, 5.74) is 0.426. The Morgan fingerprint density at radius 1 is 1.60 bits per heavy atom. The van der Waals surface area contributed by atoms with Gasteiger partial charge in [0.25, 0.3) is 0 Å². The fraction of sp³-hybridized carbons (Fsp3) is 0.545. The second-order valence-electron chi connectivity index (χ2n) is 3.80. The zero-order valence-corrected chi connectivity index (χ0v) is 8.99. The zero-order chi connectivity index (χ0) is 10.9. The highest BCUT2D eigenvalue weighted by Crippen LogP contribution is 2.47. The number of carbonyl (C=O) groups excluding carboxylic acids is 1. The molecule has 0 bridgehead atoms. The van der Waals surface area contributed by atoms with Crippen LogP contribution in [0.5, 0.6) is 0 Å². The van der Waals surface area contributed by atoms with Crippen LogP contribution in [0.15, 0.2) is 12.3 Å². The Kier molecular flexibility index (Phi) is 2.42. The summed E-state index contributed by atoms with van der Waals surface area (Å²) >= 11 is 0. The number of rotatable bonds is 3. The molecule has 15 heavy (non-hydrogen) atoms. The maximum absolute atomic E-state index is 11.6. The Labute approximate surface area is 88.7 Å². The van der Waals surface area contributed by atoms with Gasteiger partial charge in [0.2, 0.25) is 0 Å². The Bertz CT molecular complexity index is 386. The van der Waals surface area contributed by atoms with Crippen molar-refractivity contribution in [3.63, 3.8) is 0 Å². The van der Waals surface area contributed by atoms with Crippen LogP contribution in [0.4, 0.5) is 0 Å². The predicted molar refractivity (Wildman–Crippen MR) is 54.3 cm³/mol. The van der Waals surface area contributed by atoms with Crippen molar-refractivity contribution >= 4 is 5.97 Å². The summed E-state index contributed by atoms with van der Waals surface area (Å²) in [6.07, 6.45) is 4.16. The zero-order valence-electron chi connectivity index (χ0n) is 8.99. The molecule has 4 heteroatoms. The van der Waals surface area contributed by atoms with Gasteiger partial charge >= 0.3 is 5.97 Å². The molecular formula is C11H14N2O2. The first-order chi connectivity index (χ1) is 7.23. The van der Waals surface area contributed by atoms with Gasteiger partial charge < -0.3 is 4.74 Å². The SMILES string of the molecule is CCc1ccnc(C2(C(=O)OC)CC2)n1. The second kappa shape index (κ2) is 3.61. The van der Waals surface area contributed by atoms with Crippen molar-refractivity contribution in [2.45, 2.75) is 31.6 Å². The van der Waals surface area contributed by atoms with Crippen LogP contribution in [0.2, 0.25) is 0 Å². The van der Waals surface area contributed by atoms with Crippen molar-refractivity contribution in [1.29, 1.82) is 0 Å². The summed E-state index contributed by atoms with van der Waals surface area (Å²) in [7, 11) is 1.41. The fourth-order valence-corrected chi connectivity index (χ4v) is 1.66. The number of esters is 1. The molecular weight excluding hydrogens is 192 g/mol. The van der Waals surface area contributed by atoms with E-state index < -0.39 is 5.41 Å². The summed E-state index contributed by atoms with van der Waals surface area (Å²) in [6, 6.07) is 1.87. The van der Waals surface area contributed by atoms with Gasteiger partial charge in [-0.1, -0.05) is 6.92 Å². The maximum Gasteiger partial charge on any atom is 0.319 e. The highest BCUT2D eigenvalue weighted by molar-refractivity contribution is 5.85. The highest BCUT2D eigenvalue weighted by Gasteiger charge is 2.55. The van der Waals surface area contributed by atoms with E-state index in [-0.39, 0.29) is 5.97 Å². The Balaban J connectivity index is 2.33. The van der Waals surface area contributed by atoms with E-state index >= 15 is 0 Å². The van der Waals surface area contributed by atoms with E-state index in [4.69, 9.17) is 4.74 Å². The molecule has 2 rings (SSSR count). The summed E-state index contributed by atoms with van der Waals surface area (Å²) in [6.45, 7) is 2.03. The first-order valence-electron chi connectivity index (χ1n) is 5.14. The minimum Gasteiger partial charge on any atom is -0.468 e. The van der Waals surface area contributed by atoms with Crippen molar-refractivity contribution in [2.24, 2.45) is 0 Å². The van der Waals surface area contributed by atoms with Gasteiger partial charge in [0, 0.05) is 11.9 Å². The van der Waals surface area contributed by atoms with Crippen molar-refractivity contribution in [1.82, 2.24) is 9.97 Å². The van der Waals surface area contributed by atoms with Crippen LogP contribution in [-0.2, 0) is 21.4 Å². The van der Waals surface area contributed by atoms with Crippen LogP contribution in [0.3, 0.4) is 0 Å². The molecule has 0 saturated heterocycles. The molecule has 0 amide bonds. The fourth-order valence-electron chi connectivity index (χ4n) is 1.66. The number of aromatic nitrogens is 2. The van der Waals surface area contributed by atoms with Gasteiger partial charge in [0.05, 0.1) is 7.11 Å². The lowest BCUT2D eigenvalue weighted by Crippen LogP contribution is -2.24. The van der Waals surface area contributed by atoms with E-state index in [9.17, 15) is 4.79 Å². The smallest absolute Gasteiger partial charge is 0.319 e. The van der Waals surface area contributed by atoms with E-state index in [0.29, 0.717) is 5.82 Å². The number of carbonyl (C=O) groups is 1. The summed E-state index contributed by atoms with van der Waals surface area (Å²) < 4.78 is 4.79.